The Morgan fingerprint density at radius 3 is 2.88 bits per heavy atom. The zero-order valence-corrected chi connectivity index (χ0v) is 21.0. The first kappa shape index (κ1) is 25.1. The lowest BCUT2D eigenvalue weighted by atomic mass is 10.0. The second kappa shape index (κ2) is 12.6. The van der Waals surface area contributed by atoms with Crippen molar-refractivity contribution in [3.8, 4) is 0 Å². The van der Waals surface area contributed by atoms with E-state index in [-0.39, 0.29) is 30.9 Å². The summed E-state index contributed by atoms with van der Waals surface area (Å²) >= 11 is 1.65. The van der Waals surface area contributed by atoms with Crippen molar-refractivity contribution in [2.24, 2.45) is 0 Å². The number of aliphatic hydroxyl groups is 1. The maximum atomic E-state index is 12.6. The molecule has 2 aromatic rings. The molecule has 0 bridgehead atoms. The molecule has 2 saturated heterocycles. The highest BCUT2D eigenvalue weighted by Gasteiger charge is 2.29. The van der Waals surface area contributed by atoms with Gasteiger partial charge in [-0.25, -0.2) is 0 Å². The number of hydrogen-bond acceptors (Lipinski definition) is 5. The molecule has 0 radical (unpaired) electrons. The minimum Gasteiger partial charge on any atom is -0.391 e. The molecule has 2 aliphatic rings. The molecule has 1 aromatic heterocycles. The molecule has 0 saturated carbocycles. The molecule has 34 heavy (non-hydrogen) atoms. The monoisotopic (exact) mass is 483 g/mol. The predicted octanol–water partition coefficient (Wildman–Crippen LogP) is 5.18. The van der Waals surface area contributed by atoms with Gasteiger partial charge in [0.1, 0.15) is 0 Å². The van der Waals surface area contributed by atoms with E-state index >= 15 is 0 Å². The molecule has 3 heterocycles. The molecule has 2 aliphatic heterocycles. The molecule has 0 spiro atoms. The summed E-state index contributed by atoms with van der Waals surface area (Å²) in [7, 11) is 0. The summed E-state index contributed by atoms with van der Waals surface area (Å²) in [6.07, 6.45) is 11.4. The number of aliphatic hydroxyl groups excluding tert-OH is 1. The van der Waals surface area contributed by atoms with Crippen molar-refractivity contribution >= 4 is 17.2 Å². The third-order valence-electron chi connectivity index (χ3n) is 6.60. The van der Waals surface area contributed by atoms with Gasteiger partial charge in [-0.1, -0.05) is 42.0 Å². The number of benzene rings is 1. The van der Waals surface area contributed by atoms with E-state index in [9.17, 15) is 9.90 Å². The molecule has 184 valence electrons. The zero-order chi connectivity index (χ0) is 23.8. The molecule has 4 rings (SSSR count). The fourth-order valence-electron chi connectivity index (χ4n) is 4.81. The number of thiophene rings is 1. The number of carbonyl (C=O) groups excluding carboxylic acids is 1. The molecule has 1 amide bonds. The highest BCUT2D eigenvalue weighted by atomic mass is 32.1. The molecule has 5 nitrogen and oxygen atoms in total. The van der Waals surface area contributed by atoms with Crippen LogP contribution in [-0.4, -0.2) is 47.5 Å². The van der Waals surface area contributed by atoms with E-state index in [1.54, 1.807) is 11.3 Å². The molecular formula is C28H37NO4S. The topological polar surface area (TPSA) is 59.0 Å². The summed E-state index contributed by atoms with van der Waals surface area (Å²) in [4.78, 5) is 16.9. The van der Waals surface area contributed by atoms with Crippen LogP contribution in [0.15, 0.2) is 48.6 Å². The number of amides is 1. The first-order valence-electron chi connectivity index (χ1n) is 12.6. The van der Waals surface area contributed by atoms with Crippen molar-refractivity contribution < 1.29 is 19.4 Å². The van der Waals surface area contributed by atoms with Crippen LogP contribution >= 0.6 is 11.3 Å². The Balaban J connectivity index is 1.37. The summed E-state index contributed by atoms with van der Waals surface area (Å²) in [6.45, 7) is 3.73. The second-order valence-corrected chi connectivity index (χ2v) is 10.6. The van der Waals surface area contributed by atoms with Gasteiger partial charge < -0.3 is 19.5 Å². The van der Waals surface area contributed by atoms with Gasteiger partial charge >= 0.3 is 0 Å². The van der Waals surface area contributed by atoms with Crippen molar-refractivity contribution in [3.63, 3.8) is 0 Å². The first-order chi connectivity index (χ1) is 16.6. The quantitative estimate of drug-likeness (QED) is 0.447. The van der Waals surface area contributed by atoms with Crippen LogP contribution in [0.3, 0.4) is 0 Å². The summed E-state index contributed by atoms with van der Waals surface area (Å²) < 4.78 is 12.2. The molecular weight excluding hydrogens is 446 g/mol. The maximum absolute atomic E-state index is 12.6. The van der Waals surface area contributed by atoms with Crippen LogP contribution < -0.4 is 0 Å². The normalized spacial score (nSPS) is 22.1. The van der Waals surface area contributed by atoms with E-state index in [4.69, 9.17) is 9.47 Å². The summed E-state index contributed by atoms with van der Waals surface area (Å²) in [5.74, 6) is 0.239. The van der Waals surface area contributed by atoms with Gasteiger partial charge in [0.15, 0.2) is 6.29 Å². The smallest absolute Gasteiger partial charge is 0.223 e. The van der Waals surface area contributed by atoms with Crippen LogP contribution in [-0.2, 0) is 33.7 Å². The molecule has 2 fully saturated rings. The predicted molar refractivity (Wildman–Crippen MR) is 136 cm³/mol. The number of nitrogens with zero attached hydrogens (tertiary/aromatic N) is 1. The van der Waals surface area contributed by atoms with E-state index in [1.165, 1.54) is 16.0 Å². The van der Waals surface area contributed by atoms with Crippen molar-refractivity contribution in [1.29, 1.82) is 0 Å². The second-order valence-electron chi connectivity index (χ2n) is 9.37. The molecule has 6 heteroatoms. The average Bonchev–Trinajstić information content (AvgIpc) is 3.45. The van der Waals surface area contributed by atoms with Crippen molar-refractivity contribution in [3.05, 3.63) is 69.4 Å². The summed E-state index contributed by atoms with van der Waals surface area (Å²) in [5.41, 5.74) is 2.50. The van der Waals surface area contributed by atoms with Gasteiger partial charge in [0.2, 0.25) is 5.91 Å². The van der Waals surface area contributed by atoms with Crippen LogP contribution in [0.4, 0.5) is 0 Å². The number of aryl methyl sites for hydroxylation is 2. The van der Waals surface area contributed by atoms with Crippen LogP contribution in [0.5, 0.6) is 0 Å². The van der Waals surface area contributed by atoms with Crippen LogP contribution in [0, 0.1) is 6.92 Å². The SMILES string of the molecule is Cc1cccc(C[C@@H](/C=C/[C@H]2CCC(=O)N2CCCc2ccc(CO)s2)OC2CCCCO2)c1. The zero-order valence-electron chi connectivity index (χ0n) is 20.2. The summed E-state index contributed by atoms with van der Waals surface area (Å²) in [6, 6.07) is 12.8. The van der Waals surface area contributed by atoms with Crippen molar-refractivity contribution in [1.82, 2.24) is 4.90 Å². The van der Waals surface area contributed by atoms with E-state index in [1.807, 2.05) is 11.0 Å². The van der Waals surface area contributed by atoms with E-state index in [0.29, 0.717) is 6.42 Å². The molecule has 3 atom stereocenters. The molecule has 0 aliphatic carbocycles. The molecule has 1 aromatic carbocycles. The van der Waals surface area contributed by atoms with E-state index < -0.39 is 0 Å². The van der Waals surface area contributed by atoms with E-state index in [2.05, 4.69) is 49.4 Å². The Kier molecular flexibility index (Phi) is 9.33. The maximum Gasteiger partial charge on any atom is 0.223 e. The Bertz CT molecular complexity index is 949. The average molecular weight is 484 g/mol. The fourth-order valence-corrected chi connectivity index (χ4v) is 5.73. The van der Waals surface area contributed by atoms with Crippen LogP contribution in [0.1, 0.15) is 59.4 Å². The molecule has 1 N–H and O–H groups in total. The molecule has 1 unspecified atom stereocenters. The lowest BCUT2D eigenvalue weighted by molar-refractivity contribution is -0.178. The van der Waals surface area contributed by atoms with Gasteiger partial charge in [0, 0.05) is 35.7 Å². The minimum absolute atomic E-state index is 0.0783. The van der Waals surface area contributed by atoms with Gasteiger partial charge in [-0.05, 0) is 63.1 Å². The Morgan fingerprint density at radius 1 is 1.24 bits per heavy atom. The van der Waals surface area contributed by atoms with Gasteiger partial charge in [-0.3, -0.25) is 4.79 Å². The minimum atomic E-state index is -0.149. The third kappa shape index (κ3) is 7.25. The summed E-state index contributed by atoms with van der Waals surface area (Å²) in [5, 5.41) is 9.26. The standard InChI is InChI=1S/C28H37NO4S/c1-21-6-4-7-22(18-21)19-24(33-28-9-2-3-17-32-28)12-10-23-11-15-27(31)29(23)16-5-8-25-13-14-26(20-30)34-25/h4,6-7,10,12-14,18,23-24,28,30H,2-3,5,8-9,11,15-17,19-20H2,1H3/b12-10+/t23-,24+,28?/m0/s1. The van der Waals surface area contributed by atoms with Gasteiger partial charge in [-0.2, -0.15) is 0 Å². The highest BCUT2D eigenvalue weighted by molar-refractivity contribution is 7.11. The highest BCUT2D eigenvalue weighted by Crippen LogP contribution is 2.24. The number of ether oxygens (including phenoxy) is 2. The van der Waals surface area contributed by atoms with E-state index in [0.717, 1.165) is 63.0 Å². The fraction of sp³-hybridized carbons (Fsp3) is 0.536. The lowest BCUT2D eigenvalue weighted by Gasteiger charge is -2.27. The van der Waals surface area contributed by atoms with Gasteiger partial charge in [-0.15, -0.1) is 11.3 Å². The van der Waals surface area contributed by atoms with Gasteiger partial charge in [0.05, 0.1) is 18.8 Å². The Morgan fingerprint density at radius 2 is 2.12 bits per heavy atom. The Labute approximate surface area is 207 Å². The van der Waals surface area contributed by atoms with Crippen LogP contribution in [0.2, 0.25) is 0 Å². The van der Waals surface area contributed by atoms with Crippen molar-refractivity contribution in [2.75, 3.05) is 13.2 Å². The van der Waals surface area contributed by atoms with Crippen molar-refractivity contribution in [2.45, 2.75) is 83.3 Å². The number of carbonyl (C=O) groups is 1. The number of likely N-dealkylation sites (tertiary alicyclic amines) is 1. The largest absolute Gasteiger partial charge is 0.391 e. The van der Waals surface area contributed by atoms with Crippen LogP contribution in [0.25, 0.3) is 0 Å². The lowest BCUT2D eigenvalue weighted by Crippen LogP contribution is -2.33. The number of rotatable bonds is 11. The first-order valence-corrected chi connectivity index (χ1v) is 13.4. The van der Waals surface area contributed by atoms with Gasteiger partial charge in [0.25, 0.3) is 0 Å². The Hall–Kier alpha value is -1.99. The number of hydrogen-bond donors (Lipinski definition) is 1. The third-order valence-corrected chi connectivity index (χ3v) is 7.73.